The third-order valence-corrected chi connectivity index (χ3v) is 3.81. The van der Waals surface area contributed by atoms with Gasteiger partial charge < -0.3 is 9.88 Å². The zero-order valence-electron chi connectivity index (χ0n) is 11.7. The Bertz CT molecular complexity index is 717. The van der Waals surface area contributed by atoms with Crippen molar-refractivity contribution in [1.29, 1.82) is 0 Å². The van der Waals surface area contributed by atoms with E-state index in [0.29, 0.717) is 6.42 Å². The van der Waals surface area contributed by atoms with Crippen molar-refractivity contribution in [2.75, 3.05) is 25.2 Å². The van der Waals surface area contributed by atoms with E-state index in [2.05, 4.69) is 53.3 Å². The highest BCUT2D eigenvalue weighted by Gasteiger charge is 2.06. The topological polar surface area (TPSA) is 19.0 Å². The Morgan fingerprint density at radius 2 is 1.80 bits per heavy atom. The van der Waals surface area contributed by atoms with Gasteiger partial charge in [0.05, 0.1) is 6.67 Å². The normalized spacial score (nSPS) is 11.3. The molecule has 1 aromatic heterocycles. The van der Waals surface area contributed by atoms with Gasteiger partial charge in [0.1, 0.15) is 0 Å². The Morgan fingerprint density at radius 1 is 1.00 bits per heavy atom. The van der Waals surface area contributed by atoms with Gasteiger partial charge in [-0.1, -0.05) is 24.3 Å². The molecule has 104 valence electrons. The van der Waals surface area contributed by atoms with E-state index in [1.54, 1.807) is 0 Å². The number of nitrogens with zero attached hydrogens (tertiary/aromatic N) is 1. The first-order valence-corrected chi connectivity index (χ1v) is 7.07. The summed E-state index contributed by atoms with van der Waals surface area (Å²) in [7, 11) is 2.06. The number of aromatic nitrogens is 1. The van der Waals surface area contributed by atoms with Gasteiger partial charge >= 0.3 is 0 Å². The van der Waals surface area contributed by atoms with Gasteiger partial charge in [-0.3, -0.25) is 4.39 Å². The van der Waals surface area contributed by atoms with Gasteiger partial charge in [-0.15, -0.1) is 0 Å². The summed E-state index contributed by atoms with van der Waals surface area (Å²) >= 11 is 0. The van der Waals surface area contributed by atoms with Crippen LogP contribution in [-0.2, 0) is 0 Å². The minimum atomic E-state index is -0.227. The molecule has 0 spiro atoms. The summed E-state index contributed by atoms with van der Waals surface area (Å²) in [6.07, 6.45) is 1.52. The molecule has 3 heteroatoms. The fourth-order valence-corrected chi connectivity index (χ4v) is 2.65. The number of rotatable bonds is 5. The lowest BCUT2D eigenvalue weighted by Gasteiger charge is -2.19. The third-order valence-electron chi connectivity index (χ3n) is 3.81. The van der Waals surface area contributed by atoms with E-state index in [9.17, 15) is 4.39 Å². The van der Waals surface area contributed by atoms with E-state index in [4.69, 9.17) is 0 Å². The molecule has 0 fully saturated rings. The van der Waals surface area contributed by atoms with Crippen LogP contribution < -0.4 is 4.90 Å². The summed E-state index contributed by atoms with van der Waals surface area (Å²) in [6.45, 7) is 0.657. The number of halogens is 1. The van der Waals surface area contributed by atoms with E-state index in [1.807, 2.05) is 6.07 Å². The van der Waals surface area contributed by atoms with E-state index >= 15 is 0 Å². The number of hydrogen-bond acceptors (Lipinski definition) is 1. The number of aromatic amines is 1. The molecule has 3 rings (SSSR count). The lowest BCUT2D eigenvalue weighted by molar-refractivity contribution is 0.463. The fourth-order valence-electron chi connectivity index (χ4n) is 2.65. The Labute approximate surface area is 118 Å². The number of benzene rings is 2. The summed E-state index contributed by atoms with van der Waals surface area (Å²) in [5.41, 5.74) is 3.49. The van der Waals surface area contributed by atoms with Crippen molar-refractivity contribution in [3.05, 3.63) is 42.5 Å². The minimum absolute atomic E-state index is 0.227. The molecular weight excluding hydrogens is 251 g/mol. The van der Waals surface area contributed by atoms with Crippen LogP contribution in [-0.4, -0.2) is 25.3 Å². The molecule has 1 heterocycles. The monoisotopic (exact) mass is 270 g/mol. The van der Waals surface area contributed by atoms with E-state index in [1.165, 1.54) is 22.0 Å². The van der Waals surface area contributed by atoms with Crippen molar-refractivity contribution in [3.63, 3.8) is 0 Å². The van der Waals surface area contributed by atoms with Gasteiger partial charge in [-0.25, -0.2) is 0 Å². The van der Waals surface area contributed by atoms with Gasteiger partial charge in [-0.2, -0.15) is 0 Å². The number of alkyl halides is 1. The first kappa shape index (κ1) is 13.0. The number of hydrogen-bond donors (Lipinski definition) is 1. The summed E-state index contributed by atoms with van der Waals surface area (Å²) in [5.74, 6) is 0. The van der Waals surface area contributed by atoms with Crippen molar-refractivity contribution < 1.29 is 4.39 Å². The second kappa shape index (κ2) is 5.53. The predicted octanol–water partition coefficient (Wildman–Crippen LogP) is 4.51. The zero-order valence-corrected chi connectivity index (χ0v) is 11.7. The average molecular weight is 270 g/mol. The Hall–Kier alpha value is -2.03. The number of fused-ring (bicyclic) bond motifs is 3. The van der Waals surface area contributed by atoms with E-state index in [-0.39, 0.29) is 6.67 Å². The molecule has 0 atom stereocenters. The Balaban J connectivity index is 1.92. The molecule has 3 aromatic rings. The highest BCUT2D eigenvalue weighted by Crippen LogP contribution is 2.28. The summed E-state index contributed by atoms with van der Waals surface area (Å²) in [5, 5.41) is 2.51. The van der Waals surface area contributed by atoms with Crippen molar-refractivity contribution in [2.24, 2.45) is 0 Å². The number of unbranched alkanes of at least 4 members (excludes halogenated alkanes) is 1. The largest absolute Gasteiger partial charge is 0.375 e. The highest BCUT2D eigenvalue weighted by atomic mass is 19.1. The van der Waals surface area contributed by atoms with Crippen molar-refractivity contribution >= 4 is 27.5 Å². The van der Waals surface area contributed by atoms with Crippen LogP contribution in [0.3, 0.4) is 0 Å². The molecule has 20 heavy (non-hydrogen) atoms. The molecule has 0 radical (unpaired) electrons. The van der Waals surface area contributed by atoms with Crippen molar-refractivity contribution in [1.82, 2.24) is 4.98 Å². The van der Waals surface area contributed by atoms with E-state index < -0.39 is 0 Å². The van der Waals surface area contributed by atoms with Crippen LogP contribution in [0, 0.1) is 0 Å². The zero-order chi connectivity index (χ0) is 13.9. The molecule has 0 aliphatic carbocycles. The average Bonchev–Trinajstić information content (AvgIpc) is 2.85. The van der Waals surface area contributed by atoms with Crippen LogP contribution >= 0.6 is 0 Å². The lowest BCUT2D eigenvalue weighted by Crippen LogP contribution is -2.18. The molecule has 0 amide bonds. The number of nitrogens with one attached hydrogen (secondary N) is 1. The minimum Gasteiger partial charge on any atom is -0.375 e. The SMILES string of the molecule is CN(CCCCF)c1ccc2c(c1)[nH]c1ccccc12. The molecule has 0 unspecified atom stereocenters. The van der Waals surface area contributed by atoms with Crippen molar-refractivity contribution in [2.45, 2.75) is 12.8 Å². The molecule has 0 bridgehead atoms. The highest BCUT2D eigenvalue weighted by molar-refractivity contribution is 6.07. The second-order valence-corrected chi connectivity index (χ2v) is 5.22. The fraction of sp³-hybridized carbons (Fsp3) is 0.294. The van der Waals surface area contributed by atoms with Gasteiger partial charge in [0.25, 0.3) is 0 Å². The van der Waals surface area contributed by atoms with E-state index in [0.717, 1.165) is 18.5 Å². The molecular formula is C17H19FN2. The summed E-state index contributed by atoms with van der Waals surface area (Å²) < 4.78 is 12.1. The number of H-pyrrole nitrogens is 1. The van der Waals surface area contributed by atoms with Gasteiger partial charge in [-0.05, 0) is 31.0 Å². The summed E-state index contributed by atoms with van der Waals surface area (Å²) in [4.78, 5) is 5.63. The predicted molar refractivity (Wildman–Crippen MR) is 84.3 cm³/mol. The quantitative estimate of drug-likeness (QED) is 0.676. The van der Waals surface area contributed by atoms with Crippen LogP contribution in [0.1, 0.15) is 12.8 Å². The van der Waals surface area contributed by atoms with Gasteiger partial charge in [0.15, 0.2) is 0 Å². The second-order valence-electron chi connectivity index (χ2n) is 5.22. The first-order valence-electron chi connectivity index (χ1n) is 7.07. The molecule has 2 nitrogen and oxygen atoms in total. The summed E-state index contributed by atoms with van der Waals surface area (Å²) in [6, 6.07) is 14.8. The van der Waals surface area contributed by atoms with Gasteiger partial charge in [0, 0.05) is 41.1 Å². The molecule has 0 aliphatic rings. The number of para-hydroxylation sites is 1. The molecule has 2 aromatic carbocycles. The molecule has 0 saturated carbocycles. The van der Waals surface area contributed by atoms with Crippen LogP contribution in [0.2, 0.25) is 0 Å². The molecule has 0 aliphatic heterocycles. The number of anilines is 1. The maximum absolute atomic E-state index is 12.1. The maximum Gasteiger partial charge on any atom is 0.0895 e. The molecule has 1 N–H and O–H groups in total. The van der Waals surface area contributed by atoms with Crippen LogP contribution in [0.25, 0.3) is 21.8 Å². The molecule has 0 saturated heterocycles. The Morgan fingerprint density at radius 3 is 2.65 bits per heavy atom. The third kappa shape index (κ3) is 2.36. The lowest BCUT2D eigenvalue weighted by atomic mass is 10.1. The van der Waals surface area contributed by atoms with Crippen LogP contribution in [0.15, 0.2) is 42.5 Å². The standard InChI is InChI=1S/C17H19FN2/c1-20(11-5-4-10-18)13-8-9-15-14-6-2-3-7-16(14)19-17(15)12-13/h2-3,6-9,12,19H,4-5,10-11H2,1H3. The smallest absolute Gasteiger partial charge is 0.0895 e. The van der Waals surface area contributed by atoms with Crippen LogP contribution in [0.5, 0.6) is 0 Å². The van der Waals surface area contributed by atoms with Gasteiger partial charge in [0.2, 0.25) is 0 Å². The Kier molecular flexibility index (Phi) is 3.59. The van der Waals surface area contributed by atoms with Crippen molar-refractivity contribution in [3.8, 4) is 0 Å². The maximum atomic E-state index is 12.1. The first-order chi connectivity index (χ1) is 9.79. The van der Waals surface area contributed by atoms with Crippen LogP contribution in [0.4, 0.5) is 10.1 Å².